The van der Waals surface area contributed by atoms with Gasteiger partial charge in [-0.25, -0.2) is 0 Å². The number of aromatic nitrogens is 3. The second-order valence-corrected chi connectivity index (χ2v) is 3.03. The van der Waals surface area contributed by atoms with Crippen LogP contribution in [-0.4, -0.2) is 25.8 Å². The van der Waals surface area contributed by atoms with Gasteiger partial charge in [0.1, 0.15) is 0 Å². The Bertz CT molecular complexity index is 490. The molecule has 0 aliphatic rings. The molecule has 0 unspecified atom stereocenters. The molecule has 0 saturated heterocycles. The van der Waals surface area contributed by atoms with Gasteiger partial charge in [-0.05, 0) is 6.07 Å². The first-order valence-electron chi connectivity index (χ1n) is 4.16. The average molecular weight is 191 g/mol. The van der Waals surface area contributed by atoms with E-state index in [1.807, 2.05) is 6.07 Å². The van der Waals surface area contributed by atoms with E-state index in [-0.39, 0.29) is 6.42 Å². The Hall–Kier alpha value is -1.91. The van der Waals surface area contributed by atoms with Crippen LogP contribution in [0.4, 0.5) is 0 Å². The maximum absolute atomic E-state index is 10.6. The lowest BCUT2D eigenvalue weighted by atomic mass is 10.2. The smallest absolute Gasteiger partial charge is 0.309 e. The SMILES string of the molecule is Cn1ncc2ccnc(CC(=O)O)c21. The van der Waals surface area contributed by atoms with Crippen LogP contribution in [0, 0.1) is 0 Å². The summed E-state index contributed by atoms with van der Waals surface area (Å²) in [5, 5.41) is 13.6. The largest absolute Gasteiger partial charge is 0.481 e. The van der Waals surface area contributed by atoms with Gasteiger partial charge in [0.2, 0.25) is 0 Å². The van der Waals surface area contributed by atoms with Crippen LogP contribution in [0.25, 0.3) is 10.9 Å². The quantitative estimate of drug-likeness (QED) is 0.754. The van der Waals surface area contributed by atoms with Gasteiger partial charge in [0.25, 0.3) is 0 Å². The summed E-state index contributed by atoms with van der Waals surface area (Å²) < 4.78 is 1.64. The fourth-order valence-corrected chi connectivity index (χ4v) is 1.47. The van der Waals surface area contributed by atoms with E-state index in [1.165, 1.54) is 0 Å². The Labute approximate surface area is 80.0 Å². The van der Waals surface area contributed by atoms with E-state index < -0.39 is 5.97 Å². The lowest BCUT2D eigenvalue weighted by Gasteiger charge is -2.00. The highest BCUT2D eigenvalue weighted by atomic mass is 16.4. The average Bonchev–Trinajstić information content (AvgIpc) is 2.48. The van der Waals surface area contributed by atoms with Crippen LogP contribution in [0.1, 0.15) is 5.69 Å². The van der Waals surface area contributed by atoms with Crippen molar-refractivity contribution in [2.75, 3.05) is 0 Å². The molecule has 14 heavy (non-hydrogen) atoms. The molecule has 0 fully saturated rings. The Morgan fingerprint density at radius 1 is 1.64 bits per heavy atom. The topological polar surface area (TPSA) is 68.0 Å². The van der Waals surface area contributed by atoms with Crippen molar-refractivity contribution in [2.24, 2.45) is 7.05 Å². The van der Waals surface area contributed by atoms with Crippen molar-refractivity contribution in [2.45, 2.75) is 6.42 Å². The first-order valence-corrected chi connectivity index (χ1v) is 4.16. The highest BCUT2D eigenvalue weighted by molar-refractivity contribution is 5.84. The minimum Gasteiger partial charge on any atom is -0.481 e. The number of carbonyl (C=O) groups is 1. The van der Waals surface area contributed by atoms with Crippen molar-refractivity contribution >= 4 is 16.9 Å². The van der Waals surface area contributed by atoms with E-state index in [4.69, 9.17) is 5.11 Å². The fourth-order valence-electron chi connectivity index (χ4n) is 1.47. The van der Waals surface area contributed by atoms with E-state index in [2.05, 4.69) is 10.1 Å². The van der Waals surface area contributed by atoms with Gasteiger partial charge < -0.3 is 5.11 Å². The van der Waals surface area contributed by atoms with E-state index in [0.717, 1.165) is 10.9 Å². The molecule has 0 aliphatic carbocycles. The van der Waals surface area contributed by atoms with Gasteiger partial charge in [-0.3, -0.25) is 14.5 Å². The molecule has 5 heteroatoms. The third-order valence-electron chi connectivity index (χ3n) is 2.04. The molecule has 0 atom stereocenters. The maximum atomic E-state index is 10.6. The first kappa shape index (κ1) is 8.68. The normalized spacial score (nSPS) is 10.6. The van der Waals surface area contributed by atoms with Crippen molar-refractivity contribution < 1.29 is 9.90 Å². The maximum Gasteiger partial charge on any atom is 0.309 e. The van der Waals surface area contributed by atoms with Crippen LogP contribution >= 0.6 is 0 Å². The van der Waals surface area contributed by atoms with Gasteiger partial charge >= 0.3 is 5.97 Å². The summed E-state index contributed by atoms with van der Waals surface area (Å²) in [4.78, 5) is 14.6. The summed E-state index contributed by atoms with van der Waals surface area (Å²) in [7, 11) is 1.77. The molecule has 0 spiro atoms. The number of aliphatic carboxylic acids is 1. The van der Waals surface area contributed by atoms with Crippen LogP contribution in [0.5, 0.6) is 0 Å². The number of nitrogens with zero attached hydrogens (tertiary/aromatic N) is 3. The van der Waals surface area contributed by atoms with Crippen molar-refractivity contribution in [3.05, 3.63) is 24.2 Å². The molecule has 0 saturated carbocycles. The van der Waals surface area contributed by atoms with Crippen molar-refractivity contribution in [1.29, 1.82) is 0 Å². The number of hydrogen-bond acceptors (Lipinski definition) is 3. The third kappa shape index (κ3) is 1.32. The molecule has 2 aromatic heterocycles. The Morgan fingerprint density at radius 2 is 2.43 bits per heavy atom. The van der Waals surface area contributed by atoms with Gasteiger partial charge in [-0.2, -0.15) is 5.10 Å². The van der Waals surface area contributed by atoms with E-state index in [9.17, 15) is 4.79 Å². The number of aryl methyl sites for hydroxylation is 1. The van der Waals surface area contributed by atoms with E-state index in [1.54, 1.807) is 24.1 Å². The summed E-state index contributed by atoms with van der Waals surface area (Å²) in [5.74, 6) is -0.883. The summed E-state index contributed by atoms with van der Waals surface area (Å²) in [5.41, 5.74) is 1.34. The van der Waals surface area contributed by atoms with Gasteiger partial charge in [0.15, 0.2) is 0 Å². The lowest BCUT2D eigenvalue weighted by molar-refractivity contribution is -0.136. The molecule has 0 bridgehead atoms. The van der Waals surface area contributed by atoms with Gasteiger partial charge in [-0.15, -0.1) is 0 Å². The summed E-state index contributed by atoms with van der Waals surface area (Å²) in [6.07, 6.45) is 3.22. The standard InChI is InChI=1S/C9H9N3O2/c1-12-9-6(5-11-12)2-3-10-7(9)4-8(13)14/h2-3,5H,4H2,1H3,(H,13,14). The van der Waals surface area contributed by atoms with Crippen LogP contribution in [0.2, 0.25) is 0 Å². The van der Waals surface area contributed by atoms with Crippen molar-refractivity contribution in [1.82, 2.24) is 14.8 Å². The van der Waals surface area contributed by atoms with Crippen LogP contribution in [-0.2, 0) is 18.3 Å². The van der Waals surface area contributed by atoms with E-state index >= 15 is 0 Å². The van der Waals surface area contributed by atoms with Crippen LogP contribution < -0.4 is 0 Å². The predicted octanol–water partition coefficient (Wildman–Crippen LogP) is 0.595. The van der Waals surface area contributed by atoms with Gasteiger partial charge in [0, 0.05) is 18.6 Å². The minimum atomic E-state index is -0.883. The molecule has 2 heterocycles. The van der Waals surface area contributed by atoms with Crippen molar-refractivity contribution in [3.8, 4) is 0 Å². The molecule has 2 rings (SSSR count). The third-order valence-corrected chi connectivity index (χ3v) is 2.04. The minimum absolute atomic E-state index is 0.0725. The highest BCUT2D eigenvalue weighted by Gasteiger charge is 2.09. The highest BCUT2D eigenvalue weighted by Crippen LogP contribution is 2.15. The Kier molecular flexibility index (Phi) is 1.92. The fraction of sp³-hybridized carbons (Fsp3) is 0.222. The number of carboxylic acid groups (broad SMARTS) is 1. The molecular formula is C9H9N3O2. The second-order valence-electron chi connectivity index (χ2n) is 3.03. The van der Waals surface area contributed by atoms with Gasteiger partial charge in [0.05, 0.1) is 23.8 Å². The zero-order valence-electron chi connectivity index (χ0n) is 7.64. The molecule has 0 radical (unpaired) electrons. The zero-order valence-corrected chi connectivity index (χ0v) is 7.64. The first-order chi connectivity index (χ1) is 6.68. The number of fused-ring (bicyclic) bond motifs is 1. The molecule has 2 aromatic rings. The Balaban J connectivity index is 2.63. The van der Waals surface area contributed by atoms with Gasteiger partial charge in [-0.1, -0.05) is 0 Å². The van der Waals surface area contributed by atoms with Crippen LogP contribution in [0.3, 0.4) is 0 Å². The number of carboxylic acids is 1. The Morgan fingerprint density at radius 3 is 3.14 bits per heavy atom. The predicted molar refractivity (Wildman–Crippen MR) is 49.8 cm³/mol. The lowest BCUT2D eigenvalue weighted by Crippen LogP contribution is -2.04. The summed E-state index contributed by atoms with van der Waals surface area (Å²) >= 11 is 0. The van der Waals surface area contributed by atoms with Crippen LogP contribution in [0.15, 0.2) is 18.5 Å². The molecule has 0 aliphatic heterocycles. The molecule has 0 aromatic carbocycles. The zero-order chi connectivity index (χ0) is 10.1. The molecule has 72 valence electrons. The summed E-state index contributed by atoms with van der Waals surface area (Å²) in [6, 6.07) is 1.81. The molecule has 0 amide bonds. The molecule has 1 N–H and O–H groups in total. The number of pyridine rings is 1. The van der Waals surface area contributed by atoms with E-state index in [0.29, 0.717) is 5.69 Å². The molecule has 5 nitrogen and oxygen atoms in total. The van der Waals surface area contributed by atoms with Crippen molar-refractivity contribution in [3.63, 3.8) is 0 Å². The number of hydrogen-bond donors (Lipinski definition) is 1. The molecular weight excluding hydrogens is 182 g/mol. The number of rotatable bonds is 2. The summed E-state index contributed by atoms with van der Waals surface area (Å²) in [6.45, 7) is 0. The monoisotopic (exact) mass is 191 g/mol. The second kappa shape index (κ2) is 3.10.